The van der Waals surface area contributed by atoms with Crippen molar-refractivity contribution in [2.24, 2.45) is 0 Å². The molecule has 134 valence electrons. The molecule has 1 amide bonds. The maximum Gasteiger partial charge on any atom is 0.282 e. The summed E-state index contributed by atoms with van der Waals surface area (Å²) in [5, 5.41) is 2.89. The Morgan fingerprint density at radius 3 is 2.22 bits per heavy atom. The van der Waals surface area contributed by atoms with Crippen LogP contribution in [0.25, 0.3) is 0 Å². The third-order valence-electron chi connectivity index (χ3n) is 4.37. The predicted molar refractivity (Wildman–Crippen MR) is 87.2 cm³/mol. The van der Waals surface area contributed by atoms with E-state index in [2.05, 4.69) is 5.32 Å². The molecule has 0 aromatic heterocycles. The molecule has 1 atom stereocenters. The van der Waals surface area contributed by atoms with Gasteiger partial charge < -0.3 is 10.1 Å². The molecule has 0 aliphatic carbocycles. The lowest BCUT2D eigenvalue weighted by molar-refractivity contribution is -0.126. The summed E-state index contributed by atoms with van der Waals surface area (Å²) >= 11 is 0. The summed E-state index contributed by atoms with van der Waals surface area (Å²) in [6.45, 7) is 8.29. The number of piperazine rings is 1. The third-order valence-corrected chi connectivity index (χ3v) is 6.41. The highest BCUT2D eigenvalue weighted by Gasteiger charge is 2.34. The molecule has 8 nitrogen and oxygen atoms in total. The highest BCUT2D eigenvalue weighted by atomic mass is 32.2. The summed E-state index contributed by atoms with van der Waals surface area (Å²) in [4.78, 5) is 14.1. The first-order valence-corrected chi connectivity index (χ1v) is 9.71. The first kappa shape index (κ1) is 18.6. The Labute approximate surface area is 138 Å². The molecule has 0 saturated carbocycles. The zero-order valence-corrected chi connectivity index (χ0v) is 14.8. The lowest BCUT2D eigenvalue weighted by atomic mass is 10.2. The van der Waals surface area contributed by atoms with Gasteiger partial charge >= 0.3 is 0 Å². The average Bonchev–Trinajstić information content (AvgIpc) is 2.59. The number of carbonyl (C=O) groups is 1. The van der Waals surface area contributed by atoms with Crippen molar-refractivity contribution in [3.8, 4) is 0 Å². The smallest absolute Gasteiger partial charge is 0.282 e. The van der Waals surface area contributed by atoms with Gasteiger partial charge in [0.1, 0.15) is 0 Å². The topological polar surface area (TPSA) is 82.2 Å². The van der Waals surface area contributed by atoms with Gasteiger partial charge in [0.25, 0.3) is 10.2 Å². The van der Waals surface area contributed by atoms with E-state index in [4.69, 9.17) is 4.74 Å². The second-order valence-electron chi connectivity index (χ2n) is 5.92. The van der Waals surface area contributed by atoms with Crippen LogP contribution >= 0.6 is 0 Å². The monoisotopic (exact) mass is 348 g/mol. The van der Waals surface area contributed by atoms with Crippen LogP contribution in [0.1, 0.15) is 20.3 Å². The Morgan fingerprint density at radius 1 is 1.09 bits per heavy atom. The lowest BCUT2D eigenvalue weighted by Gasteiger charge is -2.39. The SMILES string of the molecule is CCCNC(=O)[C@H](C)N1CCN(S(=O)(=O)N2CCOCC2)CC1. The van der Waals surface area contributed by atoms with Gasteiger partial charge in [0.15, 0.2) is 0 Å². The van der Waals surface area contributed by atoms with Gasteiger partial charge in [-0.05, 0) is 13.3 Å². The van der Waals surface area contributed by atoms with E-state index >= 15 is 0 Å². The molecule has 2 fully saturated rings. The molecule has 0 radical (unpaired) electrons. The Hall–Kier alpha value is -0.740. The van der Waals surface area contributed by atoms with Gasteiger partial charge in [0.05, 0.1) is 19.3 Å². The molecule has 2 aliphatic rings. The van der Waals surface area contributed by atoms with Crippen LogP contribution in [0, 0.1) is 0 Å². The van der Waals surface area contributed by atoms with E-state index in [0.717, 1.165) is 6.42 Å². The zero-order valence-electron chi connectivity index (χ0n) is 14.0. The van der Waals surface area contributed by atoms with Crippen LogP contribution in [0.3, 0.4) is 0 Å². The Balaban J connectivity index is 1.86. The summed E-state index contributed by atoms with van der Waals surface area (Å²) in [6, 6.07) is -0.227. The summed E-state index contributed by atoms with van der Waals surface area (Å²) < 4.78 is 33.4. The minimum atomic E-state index is -3.41. The Bertz CT molecular complexity index is 485. The zero-order chi connectivity index (χ0) is 16.9. The van der Waals surface area contributed by atoms with Crippen LogP contribution in [-0.2, 0) is 19.7 Å². The normalized spacial score (nSPS) is 23.6. The maximum atomic E-state index is 12.6. The average molecular weight is 348 g/mol. The van der Waals surface area contributed by atoms with E-state index in [-0.39, 0.29) is 11.9 Å². The molecular formula is C14H28N4O4S. The number of amides is 1. The summed E-state index contributed by atoms with van der Waals surface area (Å²) in [6.07, 6.45) is 0.907. The molecule has 0 bridgehead atoms. The molecule has 0 aromatic carbocycles. The number of carbonyl (C=O) groups excluding carboxylic acids is 1. The lowest BCUT2D eigenvalue weighted by Crippen LogP contribution is -2.58. The number of rotatable bonds is 6. The second kappa shape index (κ2) is 8.39. The minimum absolute atomic E-state index is 0.0105. The standard InChI is InChI=1S/C14H28N4O4S/c1-3-4-15-14(19)13(2)16-5-7-17(8-6-16)23(20,21)18-9-11-22-12-10-18/h13H,3-12H2,1-2H3,(H,15,19)/t13-/m0/s1. The number of morpholine rings is 1. The summed E-state index contributed by atoms with van der Waals surface area (Å²) in [7, 11) is -3.41. The van der Waals surface area contributed by atoms with E-state index in [1.54, 1.807) is 0 Å². The van der Waals surface area contributed by atoms with Crippen molar-refractivity contribution in [2.75, 3.05) is 59.0 Å². The molecule has 0 spiro atoms. The molecular weight excluding hydrogens is 320 g/mol. The van der Waals surface area contributed by atoms with Crippen molar-refractivity contribution in [2.45, 2.75) is 26.3 Å². The second-order valence-corrected chi connectivity index (χ2v) is 7.85. The van der Waals surface area contributed by atoms with Gasteiger partial charge in [-0.1, -0.05) is 6.92 Å². The van der Waals surface area contributed by atoms with Gasteiger partial charge in [-0.25, -0.2) is 0 Å². The molecule has 2 rings (SSSR count). The van der Waals surface area contributed by atoms with E-state index in [1.165, 1.54) is 8.61 Å². The Morgan fingerprint density at radius 2 is 1.65 bits per heavy atom. The number of hydrogen-bond donors (Lipinski definition) is 1. The molecule has 0 unspecified atom stereocenters. The first-order chi connectivity index (χ1) is 11.0. The number of hydrogen-bond acceptors (Lipinski definition) is 5. The fourth-order valence-electron chi connectivity index (χ4n) is 2.82. The quantitative estimate of drug-likeness (QED) is 0.672. The van der Waals surface area contributed by atoms with Crippen molar-refractivity contribution in [1.82, 2.24) is 18.8 Å². The van der Waals surface area contributed by atoms with Crippen LogP contribution in [0.2, 0.25) is 0 Å². The van der Waals surface area contributed by atoms with E-state index in [9.17, 15) is 13.2 Å². The molecule has 1 N–H and O–H groups in total. The van der Waals surface area contributed by atoms with Crippen molar-refractivity contribution >= 4 is 16.1 Å². The van der Waals surface area contributed by atoms with Crippen LogP contribution in [0.15, 0.2) is 0 Å². The summed E-state index contributed by atoms with van der Waals surface area (Å²) in [5.41, 5.74) is 0. The van der Waals surface area contributed by atoms with E-state index in [0.29, 0.717) is 59.0 Å². The fraction of sp³-hybridized carbons (Fsp3) is 0.929. The predicted octanol–water partition coefficient (Wildman–Crippen LogP) is -0.904. The van der Waals surface area contributed by atoms with Crippen LogP contribution in [-0.4, -0.2) is 92.9 Å². The van der Waals surface area contributed by atoms with Crippen LogP contribution in [0.5, 0.6) is 0 Å². The van der Waals surface area contributed by atoms with Gasteiger partial charge in [0.2, 0.25) is 5.91 Å². The Kier molecular flexibility index (Phi) is 6.78. The highest BCUT2D eigenvalue weighted by molar-refractivity contribution is 7.86. The van der Waals surface area contributed by atoms with Crippen molar-refractivity contribution in [3.63, 3.8) is 0 Å². The molecule has 2 saturated heterocycles. The highest BCUT2D eigenvalue weighted by Crippen LogP contribution is 2.15. The van der Waals surface area contributed by atoms with Crippen molar-refractivity contribution < 1.29 is 17.9 Å². The molecule has 2 aliphatic heterocycles. The van der Waals surface area contributed by atoms with Gasteiger partial charge in [-0.15, -0.1) is 0 Å². The van der Waals surface area contributed by atoms with Crippen LogP contribution in [0.4, 0.5) is 0 Å². The van der Waals surface area contributed by atoms with E-state index < -0.39 is 10.2 Å². The molecule has 2 heterocycles. The molecule has 9 heteroatoms. The number of ether oxygens (including phenoxy) is 1. The number of nitrogens with zero attached hydrogens (tertiary/aromatic N) is 3. The maximum absolute atomic E-state index is 12.6. The van der Waals surface area contributed by atoms with Crippen LogP contribution < -0.4 is 5.32 Å². The van der Waals surface area contributed by atoms with Crippen molar-refractivity contribution in [1.29, 1.82) is 0 Å². The third kappa shape index (κ3) is 4.63. The largest absolute Gasteiger partial charge is 0.379 e. The van der Waals surface area contributed by atoms with E-state index in [1.807, 2.05) is 18.7 Å². The number of nitrogens with one attached hydrogen (secondary N) is 1. The first-order valence-electron chi connectivity index (χ1n) is 8.31. The van der Waals surface area contributed by atoms with Gasteiger partial charge in [-0.2, -0.15) is 17.0 Å². The van der Waals surface area contributed by atoms with Gasteiger partial charge in [0, 0.05) is 45.8 Å². The van der Waals surface area contributed by atoms with Gasteiger partial charge in [-0.3, -0.25) is 9.69 Å². The molecule has 23 heavy (non-hydrogen) atoms. The molecule has 0 aromatic rings. The van der Waals surface area contributed by atoms with Crippen molar-refractivity contribution in [3.05, 3.63) is 0 Å². The fourth-order valence-corrected chi connectivity index (χ4v) is 4.39. The minimum Gasteiger partial charge on any atom is -0.379 e. The summed E-state index contributed by atoms with van der Waals surface area (Å²) in [5.74, 6) is 0.0105.